The van der Waals surface area contributed by atoms with Crippen LogP contribution in [0.3, 0.4) is 0 Å². The first-order valence-corrected chi connectivity index (χ1v) is 10.3. The molecule has 29 heavy (non-hydrogen) atoms. The van der Waals surface area contributed by atoms with Crippen molar-refractivity contribution in [2.24, 2.45) is 0 Å². The lowest BCUT2D eigenvalue weighted by atomic mass is 10.1. The molecule has 0 saturated carbocycles. The standard InChI is InChI=1S/C20H25FN2O5S/c1-14-5-7-16(29(25,26)22-9-10-27-3)12-17(14)20(24)23(2)13-15-6-8-19(28-4)18(21)11-15/h5-8,11-12,22H,9-10,13H2,1-4H3. The highest BCUT2D eigenvalue weighted by Crippen LogP contribution is 2.21. The number of aryl methyl sites for hydroxylation is 1. The number of halogens is 1. The van der Waals surface area contributed by atoms with Gasteiger partial charge in [-0.25, -0.2) is 17.5 Å². The van der Waals surface area contributed by atoms with Gasteiger partial charge in [0.05, 0.1) is 18.6 Å². The molecule has 0 unspecified atom stereocenters. The number of hydrogen-bond acceptors (Lipinski definition) is 5. The quantitative estimate of drug-likeness (QED) is 0.625. The van der Waals surface area contributed by atoms with Gasteiger partial charge in [-0.3, -0.25) is 4.79 Å². The number of rotatable bonds is 9. The number of hydrogen-bond donors (Lipinski definition) is 1. The van der Waals surface area contributed by atoms with Crippen LogP contribution in [0.2, 0.25) is 0 Å². The van der Waals surface area contributed by atoms with E-state index in [1.807, 2.05) is 0 Å². The maximum atomic E-state index is 13.9. The van der Waals surface area contributed by atoms with Crippen LogP contribution in [0.15, 0.2) is 41.3 Å². The zero-order valence-electron chi connectivity index (χ0n) is 16.9. The Kier molecular flexibility index (Phi) is 7.72. The Morgan fingerprint density at radius 2 is 1.90 bits per heavy atom. The summed E-state index contributed by atoms with van der Waals surface area (Å²) in [6, 6.07) is 8.83. The third-order valence-corrected chi connectivity index (χ3v) is 5.79. The van der Waals surface area contributed by atoms with Crippen molar-refractivity contribution in [2.75, 3.05) is 34.4 Å². The van der Waals surface area contributed by atoms with E-state index in [2.05, 4.69) is 4.72 Å². The molecule has 2 rings (SSSR count). The van der Waals surface area contributed by atoms with Gasteiger partial charge in [0.1, 0.15) is 0 Å². The molecule has 0 heterocycles. The number of carbonyl (C=O) groups is 1. The van der Waals surface area contributed by atoms with Crippen molar-refractivity contribution in [1.82, 2.24) is 9.62 Å². The van der Waals surface area contributed by atoms with E-state index in [1.165, 1.54) is 43.4 Å². The summed E-state index contributed by atoms with van der Waals surface area (Å²) < 4.78 is 50.9. The van der Waals surface area contributed by atoms with Gasteiger partial charge in [0.25, 0.3) is 5.91 Å². The number of amides is 1. The summed E-state index contributed by atoms with van der Waals surface area (Å²) in [4.78, 5) is 14.3. The van der Waals surface area contributed by atoms with Crippen molar-refractivity contribution in [3.8, 4) is 5.75 Å². The lowest BCUT2D eigenvalue weighted by Gasteiger charge is -2.19. The van der Waals surface area contributed by atoms with E-state index < -0.39 is 15.8 Å². The average molecular weight is 424 g/mol. The fraction of sp³-hybridized carbons (Fsp3) is 0.350. The average Bonchev–Trinajstić information content (AvgIpc) is 2.68. The predicted molar refractivity (Wildman–Crippen MR) is 107 cm³/mol. The Labute approximate surface area is 170 Å². The van der Waals surface area contributed by atoms with Crippen molar-refractivity contribution in [3.63, 3.8) is 0 Å². The van der Waals surface area contributed by atoms with Crippen LogP contribution in [0.1, 0.15) is 21.5 Å². The molecule has 2 aromatic rings. The Morgan fingerprint density at radius 3 is 2.52 bits per heavy atom. The van der Waals surface area contributed by atoms with Gasteiger partial charge >= 0.3 is 0 Å². The monoisotopic (exact) mass is 424 g/mol. The van der Waals surface area contributed by atoms with Crippen LogP contribution >= 0.6 is 0 Å². The molecule has 0 aliphatic rings. The van der Waals surface area contributed by atoms with Crippen molar-refractivity contribution in [1.29, 1.82) is 0 Å². The molecule has 1 amide bonds. The van der Waals surface area contributed by atoms with E-state index in [-0.39, 0.29) is 41.8 Å². The highest BCUT2D eigenvalue weighted by Gasteiger charge is 2.20. The molecular formula is C20H25FN2O5S. The molecular weight excluding hydrogens is 399 g/mol. The van der Waals surface area contributed by atoms with Gasteiger partial charge in [-0.05, 0) is 42.3 Å². The Hall–Kier alpha value is -2.49. The zero-order valence-corrected chi connectivity index (χ0v) is 17.7. The zero-order chi connectivity index (χ0) is 21.6. The molecule has 0 saturated heterocycles. The third-order valence-electron chi connectivity index (χ3n) is 4.33. The lowest BCUT2D eigenvalue weighted by molar-refractivity contribution is 0.0784. The van der Waals surface area contributed by atoms with Crippen LogP contribution in [0, 0.1) is 12.7 Å². The lowest BCUT2D eigenvalue weighted by Crippen LogP contribution is -2.29. The van der Waals surface area contributed by atoms with Crippen molar-refractivity contribution in [2.45, 2.75) is 18.4 Å². The highest BCUT2D eigenvalue weighted by atomic mass is 32.2. The normalized spacial score (nSPS) is 11.3. The Morgan fingerprint density at radius 1 is 1.17 bits per heavy atom. The first-order valence-electron chi connectivity index (χ1n) is 8.86. The molecule has 0 aliphatic heterocycles. The van der Waals surface area contributed by atoms with Gasteiger partial charge in [0, 0.05) is 32.8 Å². The second-order valence-electron chi connectivity index (χ2n) is 6.50. The van der Waals surface area contributed by atoms with Crippen LogP contribution in [-0.2, 0) is 21.3 Å². The van der Waals surface area contributed by atoms with E-state index in [1.54, 1.807) is 26.1 Å². The maximum Gasteiger partial charge on any atom is 0.254 e. The Balaban J connectivity index is 2.22. The first-order chi connectivity index (χ1) is 13.7. The Bertz CT molecular complexity index is 979. The predicted octanol–water partition coefficient (Wildman–Crippen LogP) is 2.34. The van der Waals surface area contributed by atoms with Gasteiger partial charge in [-0.2, -0.15) is 0 Å². The molecule has 0 radical (unpaired) electrons. The third kappa shape index (κ3) is 5.75. The minimum atomic E-state index is -3.77. The molecule has 0 atom stereocenters. The number of methoxy groups -OCH3 is 2. The molecule has 2 aromatic carbocycles. The van der Waals surface area contributed by atoms with Gasteiger partial charge in [-0.15, -0.1) is 0 Å². The van der Waals surface area contributed by atoms with Crippen LogP contribution in [0.25, 0.3) is 0 Å². The van der Waals surface area contributed by atoms with E-state index in [0.29, 0.717) is 11.1 Å². The number of nitrogens with zero attached hydrogens (tertiary/aromatic N) is 1. The molecule has 0 fully saturated rings. The fourth-order valence-corrected chi connectivity index (χ4v) is 3.76. The van der Waals surface area contributed by atoms with Gasteiger partial charge in [0.15, 0.2) is 11.6 Å². The topological polar surface area (TPSA) is 84.9 Å². The van der Waals surface area contributed by atoms with Crippen molar-refractivity contribution < 1.29 is 27.1 Å². The highest BCUT2D eigenvalue weighted by molar-refractivity contribution is 7.89. The number of benzene rings is 2. The van der Waals surface area contributed by atoms with Gasteiger partial charge < -0.3 is 14.4 Å². The minimum Gasteiger partial charge on any atom is -0.494 e. The van der Waals surface area contributed by atoms with Crippen LogP contribution in [0.5, 0.6) is 5.75 Å². The molecule has 158 valence electrons. The molecule has 7 nitrogen and oxygen atoms in total. The van der Waals surface area contributed by atoms with Crippen LogP contribution < -0.4 is 9.46 Å². The van der Waals surface area contributed by atoms with E-state index in [4.69, 9.17) is 9.47 Å². The van der Waals surface area contributed by atoms with E-state index in [9.17, 15) is 17.6 Å². The largest absolute Gasteiger partial charge is 0.494 e. The minimum absolute atomic E-state index is 0.00792. The second kappa shape index (κ2) is 9.82. The van der Waals surface area contributed by atoms with E-state index in [0.717, 1.165) is 0 Å². The summed E-state index contributed by atoms with van der Waals surface area (Å²) in [6.45, 7) is 2.24. The summed E-state index contributed by atoms with van der Waals surface area (Å²) in [6.07, 6.45) is 0. The summed E-state index contributed by atoms with van der Waals surface area (Å²) in [5.74, 6) is -0.762. The fourth-order valence-electron chi connectivity index (χ4n) is 2.72. The smallest absolute Gasteiger partial charge is 0.254 e. The SMILES string of the molecule is COCCNS(=O)(=O)c1ccc(C)c(C(=O)N(C)Cc2ccc(OC)c(F)c2)c1. The summed E-state index contributed by atoms with van der Waals surface area (Å²) in [7, 11) is 0.654. The van der Waals surface area contributed by atoms with Gasteiger partial charge in [-0.1, -0.05) is 12.1 Å². The summed E-state index contributed by atoms with van der Waals surface area (Å²) >= 11 is 0. The first kappa shape index (κ1) is 22.8. The molecule has 1 N–H and O–H groups in total. The summed E-state index contributed by atoms with van der Waals surface area (Å²) in [5.41, 5.74) is 1.48. The summed E-state index contributed by atoms with van der Waals surface area (Å²) in [5, 5.41) is 0. The number of nitrogens with one attached hydrogen (secondary N) is 1. The number of carbonyl (C=O) groups excluding carboxylic acids is 1. The number of ether oxygens (including phenoxy) is 2. The van der Waals surface area contributed by atoms with Crippen LogP contribution in [0.4, 0.5) is 4.39 Å². The maximum absolute atomic E-state index is 13.9. The molecule has 0 aliphatic carbocycles. The number of sulfonamides is 1. The van der Waals surface area contributed by atoms with Crippen LogP contribution in [-0.4, -0.2) is 53.6 Å². The van der Waals surface area contributed by atoms with Gasteiger partial charge in [0.2, 0.25) is 10.0 Å². The molecule has 0 bridgehead atoms. The molecule has 0 spiro atoms. The molecule has 9 heteroatoms. The van der Waals surface area contributed by atoms with Crippen molar-refractivity contribution >= 4 is 15.9 Å². The van der Waals surface area contributed by atoms with Crippen molar-refractivity contribution in [3.05, 3.63) is 58.9 Å². The van der Waals surface area contributed by atoms with E-state index >= 15 is 0 Å². The molecule has 0 aromatic heterocycles. The second-order valence-corrected chi connectivity index (χ2v) is 8.26.